The summed E-state index contributed by atoms with van der Waals surface area (Å²) in [6.07, 6.45) is 1.14. The number of piperidine rings is 1. The minimum Gasteiger partial charge on any atom is -0.327 e. The van der Waals surface area contributed by atoms with E-state index in [2.05, 4.69) is 30.9 Å². The summed E-state index contributed by atoms with van der Waals surface area (Å²) >= 11 is 1.91. The van der Waals surface area contributed by atoms with Crippen molar-refractivity contribution in [2.75, 3.05) is 13.1 Å². The molecule has 3 heteroatoms. The molecule has 0 aromatic carbocycles. The van der Waals surface area contributed by atoms with Crippen molar-refractivity contribution in [1.82, 2.24) is 4.90 Å². The average Bonchev–Trinajstić information content (AvgIpc) is 2.58. The number of aryl methyl sites for hydroxylation is 1. The Morgan fingerprint density at radius 2 is 2.33 bits per heavy atom. The SMILES string of the molecule is Cc1ccc(CN2CCC(N)C(C)C2)s1. The van der Waals surface area contributed by atoms with E-state index in [1.165, 1.54) is 9.75 Å². The second-order valence-electron chi connectivity index (χ2n) is 4.68. The van der Waals surface area contributed by atoms with Gasteiger partial charge in [0, 0.05) is 35.4 Å². The van der Waals surface area contributed by atoms with Gasteiger partial charge in [-0.3, -0.25) is 4.90 Å². The van der Waals surface area contributed by atoms with Crippen LogP contribution >= 0.6 is 11.3 Å². The van der Waals surface area contributed by atoms with Crippen molar-refractivity contribution >= 4 is 11.3 Å². The molecule has 2 heterocycles. The van der Waals surface area contributed by atoms with E-state index in [0.717, 1.165) is 26.1 Å². The highest BCUT2D eigenvalue weighted by atomic mass is 32.1. The van der Waals surface area contributed by atoms with Crippen molar-refractivity contribution in [1.29, 1.82) is 0 Å². The molecule has 1 saturated heterocycles. The number of hydrogen-bond donors (Lipinski definition) is 1. The minimum atomic E-state index is 0.409. The van der Waals surface area contributed by atoms with E-state index in [-0.39, 0.29) is 0 Å². The Bertz CT molecular complexity index is 321. The molecule has 84 valence electrons. The Kier molecular flexibility index (Phi) is 3.44. The van der Waals surface area contributed by atoms with Crippen LogP contribution in [0.3, 0.4) is 0 Å². The van der Waals surface area contributed by atoms with Crippen molar-refractivity contribution in [3.05, 3.63) is 21.9 Å². The van der Waals surface area contributed by atoms with Crippen molar-refractivity contribution in [3.63, 3.8) is 0 Å². The largest absolute Gasteiger partial charge is 0.327 e. The molecule has 1 aromatic heterocycles. The van der Waals surface area contributed by atoms with Crippen molar-refractivity contribution in [2.24, 2.45) is 11.7 Å². The van der Waals surface area contributed by atoms with Crippen LogP contribution in [-0.2, 0) is 6.54 Å². The summed E-state index contributed by atoms with van der Waals surface area (Å²) in [5.41, 5.74) is 6.01. The topological polar surface area (TPSA) is 29.3 Å². The van der Waals surface area contributed by atoms with Crippen LogP contribution in [0, 0.1) is 12.8 Å². The summed E-state index contributed by atoms with van der Waals surface area (Å²) in [5, 5.41) is 0. The molecule has 0 bridgehead atoms. The molecule has 1 aromatic rings. The maximum absolute atomic E-state index is 6.01. The number of likely N-dealkylation sites (tertiary alicyclic amines) is 1. The standard InChI is InChI=1S/C12H20N2S/c1-9-7-14(6-5-12(9)13)8-11-4-3-10(2)15-11/h3-4,9,12H,5-8,13H2,1-2H3. The first-order valence-corrected chi connectivity index (χ1v) is 6.50. The molecule has 2 atom stereocenters. The van der Waals surface area contributed by atoms with E-state index in [9.17, 15) is 0 Å². The van der Waals surface area contributed by atoms with Gasteiger partial charge in [0.25, 0.3) is 0 Å². The number of thiophene rings is 1. The zero-order valence-corrected chi connectivity index (χ0v) is 10.4. The van der Waals surface area contributed by atoms with Crippen molar-refractivity contribution in [2.45, 2.75) is 32.9 Å². The Morgan fingerprint density at radius 3 is 2.93 bits per heavy atom. The first-order chi connectivity index (χ1) is 7.15. The van der Waals surface area contributed by atoms with Crippen LogP contribution in [-0.4, -0.2) is 24.0 Å². The summed E-state index contributed by atoms with van der Waals surface area (Å²) in [6.45, 7) is 7.84. The third-order valence-electron chi connectivity index (χ3n) is 3.23. The lowest BCUT2D eigenvalue weighted by atomic mass is 9.95. The van der Waals surface area contributed by atoms with Gasteiger partial charge in [0.2, 0.25) is 0 Å². The molecule has 0 aliphatic carbocycles. The summed E-state index contributed by atoms with van der Waals surface area (Å²) < 4.78 is 0. The fourth-order valence-electron chi connectivity index (χ4n) is 2.18. The second-order valence-corrected chi connectivity index (χ2v) is 6.05. The predicted octanol–water partition coefficient (Wildman–Crippen LogP) is 2.23. The average molecular weight is 224 g/mol. The van der Waals surface area contributed by atoms with E-state index in [4.69, 9.17) is 5.73 Å². The van der Waals surface area contributed by atoms with Gasteiger partial charge in [-0.25, -0.2) is 0 Å². The predicted molar refractivity (Wildman–Crippen MR) is 66.1 cm³/mol. The highest BCUT2D eigenvalue weighted by Gasteiger charge is 2.22. The zero-order valence-electron chi connectivity index (χ0n) is 9.57. The van der Waals surface area contributed by atoms with Crippen LogP contribution in [0.5, 0.6) is 0 Å². The zero-order chi connectivity index (χ0) is 10.8. The Balaban J connectivity index is 1.90. The molecule has 0 spiro atoms. The normalized spacial score (nSPS) is 28.2. The van der Waals surface area contributed by atoms with Crippen LogP contribution in [0.2, 0.25) is 0 Å². The van der Waals surface area contributed by atoms with Crippen LogP contribution in [0.25, 0.3) is 0 Å². The summed E-state index contributed by atoms with van der Waals surface area (Å²) in [7, 11) is 0. The molecule has 2 N–H and O–H groups in total. The summed E-state index contributed by atoms with van der Waals surface area (Å²) in [4.78, 5) is 5.42. The van der Waals surface area contributed by atoms with Gasteiger partial charge in [0.1, 0.15) is 0 Å². The van der Waals surface area contributed by atoms with Gasteiger partial charge < -0.3 is 5.73 Å². The van der Waals surface area contributed by atoms with Gasteiger partial charge in [-0.05, 0) is 31.4 Å². The van der Waals surface area contributed by atoms with Crippen LogP contribution in [0.1, 0.15) is 23.1 Å². The van der Waals surface area contributed by atoms with Gasteiger partial charge in [-0.15, -0.1) is 11.3 Å². The lowest BCUT2D eigenvalue weighted by molar-refractivity contribution is 0.159. The second kappa shape index (κ2) is 4.64. The third-order valence-corrected chi connectivity index (χ3v) is 4.22. The monoisotopic (exact) mass is 224 g/mol. The molecule has 0 amide bonds. The lowest BCUT2D eigenvalue weighted by Crippen LogP contribution is -2.45. The lowest BCUT2D eigenvalue weighted by Gasteiger charge is -2.34. The van der Waals surface area contributed by atoms with Crippen molar-refractivity contribution in [3.8, 4) is 0 Å². The fourth-order valence-corrected chi connectivity index (χ4v) is 3.12. The smallest absolute Gasteiger partial charge is 0.0328 e. The van der Waals surface area contributed by atoms with Crippen LogP contribution in [0.15, 0.2) is 12.1 Å². The van der Waals surface area contributed by atoms with Gasteiger partial charge >= 0.3 is 0 Å². The molecule has 1 aliphatic heterocycles. The summed E-state index contributed by atoms with van der Waals surface area (Å²) in [5.74, 6) is 0.639. The number of hydrogen-bond acceptors (Lipinski definition) is 3. The van der Waals surface area contributed by atoms with Gasteiger partial charge in [0.05, 0.1) is 0 Å². The van der Waals surface area contributed by atoms with E-state index >= 15 is 0 Å². The maximum Gasteiger partial charge on any atom is 0.0328 e. The first kappa shape index (κ1) is 11.1. The molecule has 0 saturated carbocycles. The fraction of sp³-hybridized carbons (Fsp3) is 0.667. The molecule has 2 nitrogen and oxygen atoms in total. The molecule has 0 radical (unpaired) electrons. The molecule has 2 unspecified atom stereocenters. The molecule has 1 aliphatic rings. The Hall–Kier alpha value is -0.380. The Labute approximate surface area is 96.1 Å². The van der Waals surface area contributed by atoms with Crippen LogP contribution < -0.4 is 5.73 Å². The molecular weight excluding hydrogens is 204 g/mol. The van der Waals surface area contributed by atoms with Gasteiger partial charge in [0.15, 0.2) is 0 Å². The maximum atomic E-state index is 6.01. The highest BCUT2D eigenvalue weighted by molar-refractivity contribution is 7.11. The first-order valence-electron chi connectivity index (χ1n) is 5.68. The van der Waals surface area contributed by atoms with E-state index in [0.29, 0.717) is 12.0 Å². The Morgan fingerprint density at radius 1 is 1.53 bits per heavy atom. The molecule has 15 heavy (non-hydrogen) atoms. The molecule has 2 rings (SSSR count). The van der Waals surface area contributed by atoms with Gasteiger partial charge in [-0.1, -0.05) is 6.92 Å². The van der Waals surface area contributed by atoms with E-state index in [1.807, 2.05) is 11.3 Å². The van der Waals surface area contributed by atoms with Crippen molar-refractivity contribution < 1.29 is 0 Å². The minimum absolute atomic E-state index is 0.409. The number of nitrogens with zero attached hydrogens (tertiary/aromatic N) is 1. The number of nitrogens with two attached hydrogens (primary N) is 1. The third kappa shape index (κ3) is 2.80. The molecule has 1 fully saturated rings. The molecular formula is C12H20N2S. The van der Waals surface area contributed by atoms with Crippen LogP contribution in [0.4, 0.5) is 0 Å². The van der Waals surface area contributed by atoms with Gasteiger partial charge in [-0.2, -0.15) is 0 Å². The number of rotatable bonds is 2. The quantitative estimate of drug-likeness (QED) is 0.834. The van der Waals surface area contributed by atoms with E-state index < -0.39 is 0 Å². The summed E-state index contributed by atoms with van der Waals surface area (Å²) in [6, 6.07) is 4.87. The van der Waals surface area contributed by atoms with E-state index in [1.54, 1.807) is 0 Å². The highest BCUT2D eigenvalue weighted by Crippen LogP contribution is 2.21.